The van der Waals surface area contributed by atoms with Gasteiger partial charge in [-0.2, -0.15) is 0 Å². The average molecular weight is 426 g/mol. The number of urea groups is 1. The Morgan fingerprint density at radius 3 is 2.61 bits per heavy atom. The van der Waals surface area contributed by atoms with Crippen molar-refractivity contribution in [2.45, 2.75) is 13.3 Å². The van der Waals surface area contributed by atoms with E-state index < -0.39 is 18.1 Å². The Hall–Kier alpha value is -4.01. The van der Waals surface area contributed by atoms with Crippen molar-refractivity contribution in [1.29, 1.82) is 0 Å². The van der Waals surface area contributed by atoms with Gasteiger partial charge in [-0.1, -0.05) is 30.3 Å². The van der Waals surface area contributed by atoms with Crippen LogP contribution in [-0.2, 0) is 0 Å². The van der Waals surface area contributed by atoms with Crippen LogP contribution in [0.1, 0.15) is 5.56 Å². The monoisotopic (exact) mass is 426 g/mol. The van der Waals surface area contributed by atoms with E-state index in [1.54, 1.807) is 18.2 Å². The lowest BCUT2D eigenvalue weighted by atomic mass is 10.1. The molecule has 6 nitrogen and oxygen atoms in total. The van der Waals surface area contributed by atoms with Crippen LogP contribution in [0.2, 0.25) is 0 Å². The first kappa shape index (κ1) is 20.3. The van der Waals surface area contributed by atoms with Crippen LogP contribution >= 0.6 is 0 Å². The zero-order chi connectivity index (χ0) is 22.0. The molecule has 0 spiro atoms. The summed E-state index contributed by atoms with van der Waals surface area (Å²) >= 11 is 0. The van der Waals surface area contributed by atoms with Gasteiger partial charge in [0, 0.05) is 23.6 Å². The van der Waals surface area contributed by atoms with E-state index in [2.05, 4.69) is 20.4 Å². The molecular weight excluding hydrogens is 409 g/mol. The van der Waals surface area contributed by atoms with Crippen LogP contribution in [0.25, 0.3) is 16.9 Å². The number of alkyl halides is 3. The molecule has 0 bridgehead atoms. The maximum atomic E-state index is 12.6. The molecule has 0 saturated heterocycles. The molecule has 0 atom stereocenters. The molecule has 2 aromatic heterocycles. The number of aryl methyl sites for hydroxylation is 1. The van der Waals surface area contributed by atoms with Gasteiger partial charge in [-0.15, -0.1) is 13.2 Å². The molecule has 158 valence electrons. The van der Waals surface area contributed by atoms with Gasteiger partial charge >= 0.3 is 12.4 Å². The maximum Gasteiger partial charge on any atom is 0.573 e. The summed E-state index contributed by atoms with van der Waals surface area (Å²) in [6, 6.07) is 15.5. The third-order valence-corrected chi connectivity index (χ3v) is 4.46. The minimum atomic E-state index is -4.87. The molecule has 4 aromatic rings. The predicted octanol–water partition coefficient (Wildman–Crippen LogP) is 5.85. The highest BCUT2D eigenvalue weighted by molar-refractivity contribution is 6.01. The van der Waals surface area contributed by atoms with Gasteiger partial charge in [0.2, 0.25) is 0 Å². The van der Waals surface area contributed by atoms with Crippen molar-refractivity contribution in [1.82, 2.24) is 9.38 Å². The number of carbonyl (C=O) groups excluding carboxylic acids is 1. The van der Waals surface area contributed by atoms with Crippen molar-refractivity contribution in [3.05, 3.63) is 78.6 Å². The van der Waals surface area contributed by atoms with E-state index in [1.807, 2.05) is 41.9 Å². The maximum absolute atomic E-state index is 12.6. The van der Waals surface area contributed by atoms with Crippen LogP contribution in [0.15, 0.2) is 73.1 Å². The first-order chi connectivity index (χ1) is 14.8. The first-order valence-corrected chi connectivity index (χ1v) is 9.26. The number of nitrogens with zero attached hydrogens (tertiary/aromatic N) is 2. The van der Waals surface area contributed by atoms with Crippen LogP contribution in [0.5, 0.6) is 5.75 Å². The van der Waals surface area contributed by atoms with Crippen molar-refractivity contribution in [3.8, 4) is 17.0 Å². The van der Waals surface area contributed by atoms with Crippen LogP contribution in [0, 0.1) is 6.92 Å². The lowest BCUT2D eigenvalue weighted by Crippen LogP contribution is -2.22. The van der Waals surface area contributed by atoms with Crippen molar-refractivity contribution in [2.24, 2.45) is 0 Å². The number of ether oxygens (including phenoxy) is 1. The molecule has 2 aromatic carbocycles. The summed E-state index contributed by atoms with van der Waals surface area (Å²) in [7, 11) is 0. The minimum Gasteiger partial charge on any atom is -0.404 e. The number of para-hydroxylation sites is 2. The average Bonchev–Trinajstić information content (AvgIpc) is 3.14. The van der Waals surface area contributed by atoms with Gasteiger partial charge in [-0.3, -0.25) is 0 Å². The molecule has 0 aliphatic rings. The van der Waals surface area contributed by atoms with Gasteiger partial charge in [0.15, 0.2) is 5.75 Å². The Kier molecular flexibility index (Phi) is 5.24. The van der Waals surface area contributed by atoms with Gasteiger partial charge in [-0.05, 0) is 42.8 Å². The summed E-state index contributed by atoms with van der Waals surface area (Å²) in [6.45, 7) is 1.97. The molecular formula is C22H17F3N4O2. The molecule has 0 aliphatic heterocycles. The lowest BCUT2D eigenvalue weighted by molar-refractivity contribution is -0.274. The number of amides is 2. The number of hydrogen-bond acceptors (Lipinski definition) is 3. The molecule has 0 saturated carbocycles. The second-order valence-electron chi connectivity index (χ2n) is 6.75. The molecule has 31 heavy (non-hydrogen) atoms. The fourth-order valence-electron chi connectivity index (χ4n) is 3.12. The van der Waals surface area contributed by atoms with Crippen molar-refractivity contribution >= 4 is 23.1 Å². The number of aromatic nitrogens is 2. The molecule has 0 fully saturated rings. The van der Waals surface area contributed by atoms with Crippen molar-refractivity contribution in [2.75, 3.05) is 10.6 Å². The summed E-state index contributed by atoms with van der Waals surface area (Å²) in [4.78, 5) is 17.0. The van der Waals surface area contributed by atoms with E-state index in [-0.39, 0.29) is 5.69 Å². The number of pyridine rings is 1. The highest BCUT2D eigenvalue weighted by Crippen LogP contribution is 2.30. The first-order valence-electron chi connectivity index (χ1n) is 9.26. The highest BCUT2D eigenvalue weighted by Gasteiger charge is 2.32. The minimum absolute atomic E-state index is 0.107. The van der Waals surface area contributed by atoms with Crippen LogP contribution in [0.4, 0.5) is 29.3 Å². The summed E-state index contributed by atoms with van der Waals surface area (Å²) in [6.07, 6.45) is -1.09. The van der Waals surface area contributed by atoms with E-state index in [9.17, 15) is 18.0 Å². The Labute approximate surface area is 175 Å². The van der Waals surface area contributed by atoms with Gasteiger partial charge in [0.25, 0.3) is 0 Å². The normalized spacial score (nSPS) is 11.4. The molecule has 9 heteroatoms. The quantitative estimate of drug-likeness (QED) is 0.430. The Bertz CT molecular complexity index is 1250. The lowest BCUT2D eigenvalue weighted by Gasteiger charge is -2.14. The SMILES string of the molecule is Cc1cccn2cc(-c3cccc(NC(=O)Nc4ccccc4OC(F)(F)F)c3)nc12. The van der Waals surface area contributed by atoms with E-state index >= 15 is 0 Å². The summed E-state index contributed by atoms with van der Waals surface area (Å²) in [5.74, 6) is -0.501. The second kappa shape index (κ2) is 8.02. The second-order valence-corrected chi connectivity index (χ2v) is 6.75. The number of nitrogens with one attached hydrogen (secondary N) is 2. The number of hydrogen-bond donors (Lipinski definition) is 2. The molecule has 2 amide bonds. The predicted molar refractivity (Wildman–Crippen MR) is 111 cm³/mol. The number of imidazole rings is 1. The fourth-order valence-corrected chi connectivity index (χ4v) is 3.12. The molecule has 0 radical (unpaired) electrons. The fraction of sp³-hybridized carbons (Fsp3) is 0.0909. The van der Waals surface area contributed by atoms with Crippen molar-refractivity contribution < 1.29 is 22.7 Å². The number of anilines is 2. The Morgan fingerprint density at radius 2 is 1.84 bits per heavy atom. The number of benzene rings is 2. The van der Waals surface area contributed by atoms with Gasteiger partial charge in [-0.25, -0.2) is 9.78 Å². The molecule has 0 aliphatic carbocycles. The summed E-state index contributed by atoms with van der Waals surface area (Å²) in [5.41, 5.74) is 3.71. The highest BCUT2D eigenvalue weighted by atomic mass is 19.4. The molecule has 4 rings (SSSR count). The number of fused-ring (bicyclic) bond motifs is 1. The molecule has 2 N–H and O–H groups in total. The van der Waals surface area contributed by atoms with E-state index in [1.165, 1.54) is 18.2 Å². The number of rotatable bonds is 4. The topological polar surface area (TPSA) is 67.7 Å². The molecule has 2 heterocycles. The standard InChI is InChI=1S/C22H17F3N4O2/c1-14-6-5-11-29-13-18(27-20(14)29)15-7-4-8-16(12-15)26-21(30)28-17-9-2-3-10-19(17)31-22(23,24)25/h2-13H,1H3,(H2,26,28,30). The van der Waals surface area contributed by atoms with E-state index in [0.29, 0.717) is 5.69 Å². The Morgan fingerprint density at radius 1 is 1.03 bits per heavy atom. The largest absolute Gasteiger partial charge is 0.573 e. The van der Waals surface area contributed by atoms with Crippen LogP contribution in [0.3, 0.4) is 0 Å². The summed E-state index contributed by atoms with van der Waals surface area (Å²) in [5, 5.41) is 4.99. The number of carbonyl (C=O) groups is 1. The van der Waals surface area contributed by atoms with Gasteiger partial charge in [0.1, 0.15) is 5.65 Å². The smallest absolute Gasteiger partial charge is 0.404 e. The van der Waals surface area contributed by atoms with Crippen molar-refractivity contribution in [3.63, 3.8) is 0 Å². The summed E-state index contributed by atoms with van der Waals surface area (Å²) < 4.78 is 43.5. The number of halogens is 3. The zero-order valence-electron chi connectivity index (χ0n) is 16.3. The van der Waals surface area contributed by atoms with Crippen LogP contribution in [-0.4, -0.2) is 21.8 Å². The Balaban J connectivity index is 1.52. The third-order valence-electron chi connectivity index (χ3n) is 4.46. The van der Waals surface area contributed by atoms with Gasteiger partial charge in [0.05, 0.1) is 11.4 Å². The van der Waals surface area contributed by atoms with E-state index in [0.717, 1.165) is 28.5 Å². The molecule has 0 unspecified atom stereocenters. The van der Waals surface area contributed by atoms with Gasteiger partial charge < -0.3 is 19.8 Å². The van der Waals surface area contributed by atoms with Crippen LogP contribution < -0.4 is 15.4 Å². The third kappa shape index (κ3) is 4.77. The zero-order valence-corrected chi connectivity index (χ0v) is 16.3. The van der Waals surface area contributed by atoms with E-state index in [4.69, 9.17) is 0 Å².